The van der Waals surface area contributed by atoms with Crippen LogP contribution in [0.25, 0.3) is 0 Å². The fourth-order valence-corrected chi connectivity index (χ4v) is 2.48. The van der Waals surface area contributed by atoms with Crippen molar-refractivity contribution in [3.63, 3.8) is 0 Å². The highest BCUT2D eigenvalue weighted by Gasteiger charge is 2.48. The Morgan fingerprint density at radius 3 is 2.60 bits per heavy atom. The van der Waals surface area contributed by atoms with Crippen molar-refractivity contribution in [3.8, 4) is 5.75 Å². The Hall–Kier alpha value is -1.63. The molecule has 2 aliphatic heterocycles. The van der Waals surface area contributed by atoms with Gasteiger partial charge in [0.15, 0.2) is 6.10 Å². The van der Waals surface area contributed by atoms with Gasteiger partial charge in [0.25, 0.3) is 0 Å². The Labute approximate surface area is 116 Å². The van der Waals surface area contributed by atoms with Crippen LogP contribution in [0.1, 0.15) is 10.4 Å². The summed E-state index contributed by atoms with van der Waals surface area (Å²) in [7, 11) is 1.56. The van der Waals surface area contributed by atoms with Gasteiger partial charge < -0.3 is 24.1 Å². The maximum Gasteiger partial charge on any atom is 0.338 e. The molecule has 2 aliphatic rings. The topological polar surface area (TPSA) is 74.2 Å². The van der Waals surface area contributed by atoms with Crippen LogP contribution in [-0.2, 0) is 14.2 Å². The molecule has 20 heavy (non-hydrogen) atoms. The average Bonchev–Trinajstić information content (AvgIpc) is 3.03. The molecule has 0 aliphatic carbocycles. The van der Waals surface area contributed by atoms with Crippen molar-refractivity contribution in [2.45, 2.75) is 24.4 Å². The molecular formula is C14H16O6. The third-order valence-corrected chi connectivity index (χ3v) is 3.57. The highest BCUT2D eigenvalue weighted by molar-refractivity contribution is 5.89. The summed E-state index contributed by atoms with van der Waals surface area (Å²) in [4.78, 5) is 12.0. The molecule has 1 N–H and O–H groups in total. The van der Waals surface area contributed by atoms with Gasteiger partial charge in [-0.2, -0.15) is 0 Å². The third kappa shape index (κ3) is 2.37. The molecule has 0 spiro atoms. The zero-order chi connectivity index (χ0) is 14.1. The van der Waals surface area contributed by atoms with E-state index in [0.29, 0.717) is 11.3 Å². The molecule has 3 rings (SSSR count). The molecule has 2 saturated heterocycles. The number of esters is 1. The van der Waals surface area contributed by atoms with E-state index in [0.717, 1.165) is 0 Å². The lowest BCUT2D eigenvalue weighted by atomic mass is 10.1. The van der Waals surface area contributed by atoms with E-state index in [2.05, 4.69) is 0 Å². The van der Waals surface area contributed by atoms with Crippen LogP contribution in [0.3, 0.4) is 0 Å². The van der Waals surface area contributed by atoms with Crippen molar-refractivity contribution >= 4 is 5.97 Å². The van der Waals surface area contributed by atoms with Gasteiger partial charge in [-0.25, -0.2) is 4.79 Å². The molecule has 4 atom stereocenters. The number of carbonyl (C=O) groups is 1. The van der Waals surface area contributed by atoms with E-state index in [1.54, 1.807) is 31.4 Å². The summed E-state index contributed by atoms with van der Waals surface area (Å²) in [6, 6.07) is 6.67. The van der Waals surface area contributed by atoms with Crippen LogP contribution in [0.4, 0.5) is 0 Å². The molecule has 2 fully saturated rings. The molecule has 6 nitrogen and oxygen atoms in total. The van der Waals surface area contributed by atoms with Crippen LogP contribution >= 0.6 is 0 Å². The van der Waals surface area contributed by atoms with E-state index >= 15 is 0 Å². The third-order valence-electron chi connectivity index (χ3n) is 3.57. The molecule has 0 bridgehead atoms. The zero-order valence-electron chi connectivity index (χ0n) is 11.0. The number of ether oxygens (including phenoxy) is 4. The highest BCUT2D eigenvalue weighted by Crippen LogP contribution is 2.29. The molecule has 1 aromatic rings. The molecule has 108 valence electrons. The van der Waals surface area contributed by atoms with Gasteiger partial charge in [-0.1, -0.05) is 0 Å². The van der Waals surface area contributed by atoms with Gasteiger partial charge >= 0.3 is 5.97 Å². The lowest BCUT2D eigenvalue weighted by Crippen LogP contribution is -2.34. The zero-order valence-corrected chi connectivity index (χ0v) is 11.0. The maximum atomic E-state index is 12.0. The number of aliphatic hydroxyl groups excluding tert-OH is 1. The number of methoxy groups -OCH3 is 1. The standard InChI is InChI=1S/C14H16O6/c1-17-9-4-2-8(3-5-9)14(16)20-11-7-19-12-10(15)6-18-13(11)12/h2-5,10-13,15H,6-7H2,1H3/t10-,11+,12+,13+/m0/s1. The van der Waals surface area contributed by atoms with Crippen molar-refractivity contribution in [3.05, 3.63) is 29.8 Å². The summed E-state index contributed by atoms with van der Waals surface area (Å²) in [5.74, 6) is 0.236. The van der Waals surface area contributed by atoms with Gasteiger partial charge in [-0.15, -0.1) is 0 Å². The van der Waals surface area contributed by atoms with E-state index in [4.69, 9.17) is 18.9 Å². The summed E-state index contributed by atoms with van der Waals surface area (Å²) < 4.78 is 21.2. The summed E-state index contributed by atoms with van der Waals surface area (Å²) in [5, 5.41) is 9.62. The molecule has 0 amide bonds. The number of fused-ring (bicyclic) bond motifs is 1. The minimum absolute atomic E-state index is 0.214. The number of hydrogen-bond donors (Lipinski definition) is 1. The smallest absolute Gasteiger partial charge is 0.338 e. The van der Waals surface area contributed by atoms with Crippen molar-refractivity contribution in [1.82, 2.24) is 0 Å². The Balaban J connectivity index is 1.64. The van der Waals surface area contributed by atoms with Crippen LogP contribution in [0.15, 0.2) is 24.3 Å². The number of hydrogen-bond acceptors (Lipinski definition) is 6. The molecule has 0 aromatic heterocycles. The van der Waals surface area contributed by atoms with E-state index in [1.807, 2.05) is 0 Å². The molecule has 0 unspecified atom stereocenters. The molecule has 1 aromatic carbocycles. The second kappa shape index (κ2) is 5.40. The number of benzene rings is 1. The van der Waals surface area contributed by atoms with Gasteiger partial charge in [-0.05, 0) is 24.3 Å². The van der Waals surface area contributed by atoms with E-state index in [-0.39, 0.29) is 19.3 Å². The van der Waals surface area contributed by atoms with Gasteiger partial charge in [0.2, 0.25) is 0 Å². The summed E-state index contributed by atoms with van der Waals surface area (Å²) in [6.07, 6.45) is -1.91. The minimum Gasteiger partial charge on any atom is -0.497 e. The van der Waals surface area contributed by atoms with Crippen LogP contribution in [0.5, 0.6) is 5.75 Å². The molecular weight excluding hydrogens is 264 g/mol. The quantitative estimate of drug-likeness (QED) is 0.807. The van der Waals surface area contributed by atoms with Gasteiger partial charge in [-0.3, -0.25) is 0 Å². The Bertz CT molecular complexity index is 485. The second-order valence-corrected chi connectivity index (χ2v) is 4.84. The van der Waals surface area contributed by atoms with Gasteiger partial charge in [0, 0.05) is 0 Å². The first-order valence-corrected chi connectivity index (χ1v) is 6.45. The van der Waals surface area contributed by atoms with Crippen molar-refractivity contribution in [1.29, 1.82) is 0 Å². The molecule has 6 heteroatoms. The highest BCUT2D eigenvalue weighted by atomic mass is 16.6. The monoisotopic (exact) mass is 280 g/mol. The average molecular weight is 280 g/mol. The van der Waals surface area contributed by atoms with Crippen LogP contribution < -0.4 is 4.74 Å². The number of carbonyl (C=O) groups excluding carboxylic acids is 1. The lowest BCUT2D eigenvalue weighted by molar-refractivity contribution is -0.0209. The van der Waals surface area contributed by atoms with Crippen molar-refractivity contribution in [2.24, 2.45) is 0 Å². The van der Waals surface area contributed by atoms with E-state index in [9.17, 15) is 9.90 Å². The molecule has 2 heterocycles. The minimum atomic E-state index is -0.648. The number of aliphatic hydroxyl groups is 1. The first-order chi connectivity index (χ1) is 9.69. The van der Waals surface area contributed by atoms with E-state index < -0.39 is 24.3 Å². The predicted octanol–water partition coefficient (Wildman–Crippen LogP) is 0.379. The predicted molar refractivity (Wildman–Crippen MR) is 67.7 cm³/mol. The fourth-order valence-electron chi connectivity index (χ4n) is 2.48. The first-order valence-electron chi connectivity index (χ1n) is 6.45. The van der Waals surface area contributed by atoms with Crippen molar-refractivity contribution < 1.29 is 28.8 Å². The van der Waals surface area contributed by atoms with Gasteiger partial charge in [0.1, 0.15) is 24.1 Å². The van der Waals surface area contributed by atoms with Crippen LogP contribution in [0.2, 0.25) is 0 Å². The molecule has 0 saturated carbocycles. The Morgan fingerprint density at radius 2 is 1.90 bits per heavy atom. The maximum absolute atomic E-state index is 12.0. The van der Waals surface area contributed by atoms with Crippen LogP contribution in [-0.4, -0.2) is 55.8 Å². The largest absolute Gasteiger partial charge is 0.497 e. The lowest BCUT2D eigenvalue weighted by Gasteiger charge is -2.16. The number of rotatable bonds is 3. The van der Waals surface area contributed by atoms with E-state index in [1.165, 1.54) is 0 Å². The second-order valence-electron chi connectivity index (χ2n) is 4.84. The molecule has 0 radical (unpaired) electrons. The fraction of sp³-hybridized carbons (Fsp3) is 0.500. The Morgan fingerprint density at radius 1 is 1.20 bits per heavy atom. The van der Waals surface area contributed by atoms with Crippen LogP contribution in [0, 0.1) is 0 Å². The SMILES string of the molecule is COc1ccc(C(=O)O[C@@H]2CO[C@H]3[C@@H]2OC[C@@H]3O)cc1. The normalized spacial score (nSPS) is 31.9. The van der Waals surface area contributed by atoms with Crippen molar-refractivity contribution in [2.75, 3.05) is 20.3 Å². The summed E-state index contributed by atoms with van der Waals surface area (Å²) in [6.45, 7) is 0.459. The Kier molecular flexibility index (Phi) is 3.60. The van der Waals surface area contributed by atoms with Gasteiger partial charge in [0.05, 0.1) is 25.9 Å². The summed E-state index contributed by atoms with van der Waals surface area (Å²) >= 11 is 0. The summed E-state index contributed by atoms with van der Waals surface area (Å²) in [5.41, 5.74) is 0.438. The first kappa shape index (κ1) is 13.4.